The number of hydrogen-bond acceptors (Lipinski definition) is 5. The summed E-state index contributed by atoms with van der Waals surface area (Å²) in [6, 6.07) is 8.14. The van der Waals surface area contributed by atoms with Gasteiger partial charge in [0.2, 0.25) is 4.27 Å². The molecule has 2 rings (SSSR count). The SMILES string of the molecule is COC1(SC)SCCCCc2ccccc2/C1=N/O. The standard InChI is InChI=1S/C14H19NO2S2/c1-17-14(18-2)13(15-16)12-9-4-3-7-11(12)8-5-6-10-19-14/h3-4,7,9,16H,5-6,8,10H2,1-2H3/b15-13-. The van der Waals surface area contributed by atoms with Crippen LogP contribution in [0.3, 0.4) is 0 Å². The second-order valence-corrected chi connectivity index (χ2v) is 6.89. The van der Waals surface area contributed by atoms with E-state index in [1.165, 1.54) is 5.56 Å². The molecule has 1 unspecified atom stereocenters. The molecule has 1 aliphatic heterocycles. The molecule has 0 saturated carbocycles. The zero-order valence-corrected chi connectivity index (χ0v) is 12.9. The Balaban J connectivity index is 2.55. The normalized spacial score (nSPS) is 26.3. The summed E-state index contributed by atoms with van der Waals surface area (Å²) in [4.78, 5) is 0. The molecule has 1 aliphatic rings. The largest absolute Gasteiger partial charge is 0.410 e. The molecule has 0 fully saturated rings. The molecule has 0 saturated heterocycles. The second-order valence-electron chi connectivity index (χ2n) is 4.38. The molecular weight excluding hydrogens is 278 g/mol. The van der Waals surface area contributed by atoms with Gasteiger partial charge in [0.15, 0.2) is 0 Å². The lowest BCUT2D eigenvalue weighted by molar-refractivity contribution is 0.191. The van der Waals surface area contributed by atoms with Crippen molar-refractivity contribution in [3.63, 3.8) is 0 Å². The number of oxime groups is 1. The fourth-order valence-electron chi connectivity index (χ4n) is 2.34. The van der Waals surface area contributed by atoms with E-state index >= 15 is 0 Å². The molecule has 1 N–H and O–H groups in total. The van der Waals surface area contributed by atoms with E-state index in [9.17, 15) is 5.21 Å². The van der Waals surface area contributed by atoms with E-state index in [4.69, 9.17) is 4.74 Å². The zero-order chi connectivity index (χ0) is 13.7. The number of benzene rings is 1. The van der Waals surface area contributed by atoms with Crippen molar-refractivity contribution >= 4 is 29.2 Å². The lowest BCUT2D eigenvalue weighted by Gasteiger charge is -2.30. The number of aryl methyl sites for hydroxylation is 1. The molecule has 0 aromatic heterocycles. The van der Waals surface area contributed by atoms with E-state index in [-0.39, 0.29) is 0 Å². The molecule has 0 radical (unpaired) electrons. The van der Waals surface area contributed by atoms with Gasteiger partial charge in [-0.15, -0.1) is 23.5 Å². The number of nitrogens with zero attached hydrogens (tertiary/aromatic N) is 1. The van der Waals surface area contributed by atoms with Crippen molar-refractivity contribution in [3.05, 3.63) is 35.4 Å². The smallest absolute Gasteiger partial charge is 0.207 e. The third kappa shape index (κ3) is 2.93. The number of thioether (sulfide) groups is 2. The summed E-state index contributed by atoms with van der Waals surface area (Å²) < 4.78 is 5.08. The van der Waals surface area contributed by atoms with E-state index in [1.807, 2.05) is 24.5 Å². The predicted octanol–water partition coefficient (Wildman–Crippen LogP) is 3.60. The van der Waals surface area contributed by atoms with Gasteiger partial charge in [-0.25, -0.2) is 0 Å². The number of fused-ring (bicyclic) bond motifs is 1. The van der Waals surface area contributed by atoms with Gasteiger partial charge >= 0.3 is 0 Å². The number of hydrogen-bond donors (Lipinski definition) is 1. The van der Waals surface area contributed by atoms with Crippen LogP contribution in [0.15, 0.2) is 29.4 Å². The average molecular weight is 297 g/mol. The van der Waals surface area contributed by atoms with Crippen LogP contribution in [0, 0.1) is 0 Å². The second kappa shape index (κ2) is 6.68. The van der Waals surface area contributed by atoms with Crippen molar-refractivity contribution in [2.45, 2.75) is 23.5 Å². The first-order valence-electron chi connectivity index (χ1n) is 6.32. The maximum Gasteiger partial charge on any atom is 0.207 e. The monoisotopic (exact) mass is 297 g/mol. The average Bonchev–Trinajstić information content (AvgIpc) is 2.54. The van der Waals surface area contributed by atoms with Crippen molar-refractivity contribution in [1.82, 2.24) is 0 Å². The first-order valence-corrected chi connectivity index (χ1v) is 8.53. The summed E-state index contributed by atoms with van der Waals surface area (Å²) >= 11 is 3.28. The summed E-state index contributed by atoms with van der Waals surface area (Å²) in [6.07, 6.45) is 5.30. The Morgan fingerprint density at radius 2 is 2.16 bits per heavy atom. The molecule has 0 spiro atoms. The quantitative estimate of drug-likeness (QED) is 0.514. The van der Waals surface area contributed by atoms with E-state index in [2.05, 4.69) is 11.2 Å². The fraction of sp³-hybridized carbons (Fsp3) is 0.500. The maximum absolute atomic E-state index is 9.53. The Morgan fingerprint density at radius 3 is 2.84 bits per heavy atom. The highest BCUT2D eigenvalue weighted by Gasteiger charge is 2.39. The molecule has 3 nitrogen and oxygen atoms in total. The van der Waals surface area contributed by atoms with E-state index < -0.39 is 4.27 Å². The molecule has 1 heterocycles. The molecule has 19 heavy (non-hydrogen) atoms. The molecule has 0 bridgehead atoms. The van der Waals surface area contributed by atoms with E-state index in [1.54, 1.807) is 30.6 Å². The predicted molar refractivity (Wildman–Crippen MR) is 83.4 cm³/mol. The zero-order valence-electron chi connectivity index (χ0n) is 11.3. The Kier molecular flexibility index (Phi) is 5.19. The fourth-order valence-corrected chi connectivity index (χ4v) is 4.59. The van der Waals surface area contributed by atoms with Crippen LogP contribution >= 0.6 is 23.5 Å². The Hall–Kier alpha value is -0.650. The van der Waals surface area contributed by atoms with Gasteiger partial charge in [0.25, 0.3) is 0 Å². The van der Waals surface area contributed by atoms with Crippen molar-refractivity contribution in [1.29, 1.82) is 0 Å². The van der Waals surface area contributed by atoms with Crippen LogP contribution in [0.5, 0.6) is 0 Å². The minimum atomic E-state index is -0.630. The topological polar surface area (TPSA) is 41.8 Å². The third-order valence-electron chi connectivity index (χ3n) is 3.33. The van der Waals surface area contributed by atoms with Crippen LogP contribution in [0.25, 0.3) is 0 Å². The number of methoxy groups -OCH3 is 1. The van der Waals surface area contributed by atoms with Crippen molar-refractivity contribution in [2.24, 2.45) is 5.16 Å². The molecular formula is C14H19NO2S2. The van der Waals surface area contributed by atoms with Crippen LogP contribution in [-0.2, 0) is 11.2 Å². The van der Waals surface area contributed by atoms with Crippen LogP contribution in [0.1, 0.15) is 24.0 Å². The highest BCUT2D eigenvalue weighted by Crippen LogP contribution is 2.42. The van der Waals surface area contributed by atoms with Gasteiger partial charge in [-0.05, 0) is 36.8 Å². The van der Waals surface area contributed by atoms with Crippen LogP contribution in [-0.4, -0.2) is 34.3 Å². The van der Waals surface area contributed by atoms with Gasteiger partial charge in [0.1, 0.15) is 5.71 Å². The third-order valence-corrected chi connectivity index (χ3v) is 6.32. The Morgan fingerprint density at radius 1 is 1.37 bits per heavy atom. The van der Waals surface area contributed by atoms with Gasteiger partial charge in [0.05, 0.1) is 0 Å². The summed E-state index contributed by atoms with van der Waals surface area (Å²) in [7, 11) is 1.68. The maximum atomic E-state index is 9.53. The number of ether oxygens (including phenoxy) is 1. The van der Waals surface area contributed by atoms with Crippen LogP contribution in [0.2, 0.25) is 0 Å². The van der Waals surface area contributed by atoms with Crippen molar-refractivity contribution < 1.29 is 9.94 Å². The molecule has 0 amide bonds. The molecule has 1 atom stereocenters. The highest BCUT2D eigenvalue weighted by molar-refractivity contribution is 8.18. The van der Waals surface area contributed by atoms with E-state index in [0.717, 1.165) is 30.6 Å². The first-order chi connectivity index (χ1) is 9.27. The highest BCUT2D eigenvalue weighted by atomic mass is 32.2. The summed E-state index contributed by atoms with van der Waals surface area (Å²) in [5, 5.41) is 13.1. The first kappa shape index (κ1) is 14.8. The van der Waals surface area contributed by atoms with E-state index in [0.29, 0.717) is 5.71 Å². The molecule has 1 aromatic carbocycles. The van der Waals surface area contributed by atoms with Gasteiger partial charge in [0, 0.05) is 12.7 Å². The van der Waals surface area contributed by atoms with Gasteiger partial charge in [-0.3, -0.25) is 0 Å². The minimum absolute atomic E-state index is 0.616. The van der Waals surface area contributed by atoms with Crippen molar-refractivity contribution in [3.8, 4) is 0 Å². The Bertz CT molecular complexity index is 459. The van der Waals surface area contributed by atoms with Gasteiger partial charge in [-0.1, -0.05) is 29.4 Å². The Labute approximate surface area is 122 Å². The molecule has 5 heteroatoms. The minimum Gasteiger partial charge on any atom is -0.410 e. The van der Waals surface area contributed by atoms with Gasteiger partial charge < -0.3 is 9.94 Å². The van der Waals surface area contributed by atoms with Crippen LogP contribution in [0.4, 0.5) is 0 Å². The molecule has 1 aromatic rings. The van der Waals surface area contributed by atoms with Gasteiger partial charge in [-0.2, -0.15) is 0 Å². The summed E-state index contributed by atoms with van der Waals surface area (Å²) in [5.74, 6) is 1.00. The number of rotatable bonds is 2. The lowest BCUT2D eigenvalue weighted by Crippen LogP contribution is -2.35. The van der Waals surface area contributed by atoms with Crippen LogP contribution < -0.4 is 0 Å². The lowest BCUT2D eigenvalue weighted by atomic mass is 9.99. The molecule has 104 valence electrons. The summed E-state index contributed by atoms with van der Waals surface area (Å²) in [6.45, 7) is 0. The summed E-state index contributed by atoms with van der Waals surface area (Å²) in [5.41, 5.74) is 2.84. The molecule has 0 aliphatic carbocycles. The van der Waals surface area contributed by atoms with Crippen molar-refractivity contribution in [2.75, 3.05) is 19.1 Å².